The van der Waals surface area contributed by atoms with E-state index < -0.39 is 23.6 Å². The first kappa shape index (κ1) is 24.3. The van der Waals surface area contributed by atoms with Crippen molar-refractivity contribution in [3.05, 3.63) is 93.3 Å². The third-order valence-electron chi connectivity index (χ3n) is 4.78. The Morgan fingerprint density at radius 3 is 2.18 bits per heavy atom. The topological polar surface area (TPSA) is 58.2 Å². The number of alkyl halides is 3. The van der Waals surface area contributed by atoms with Crippen LogP contribution in [0.3, 0.4) is 0 Å². The Morgan fingerprint density at radius 2 is 1.61 bits per heavy atom. The molecule has 0 aliphatic carbocycles. The number of hydrogen-bond acceptors (Lipinski definition) is 3. The molecule has 0 spiro atoms. The summed E-state index contributed by atoms with van der Waals surface area (Å²) in [4.78, 5) is 26.4. The molecule has 33 heavy (non-hydrogen) atoms. The summed E-state index contributed by atoms with van der Waals surface area (Å²) in [5.41, 5.74) is 0.328. The van der Waals surface area contributed by atoms with Crippen molar-refractivity contribution in [2.75, 3.05) is 5.32 Å². The number of thiophene rings is 1. The van der Waals surface area contributed by atoms with Crippen LogP contribution in [0.5, 0.6) is 0 Å². The lowest BCUT2D eigenvalue weighted by Crippen LogP contribution is -2.30. The van der Waals surface area contributed by atoms with E-state index in [0.29, 0.717) is 10.4 Å². The fourth-order valence-electron chi connectivity index (χ4n) is 2.96. The van der Waals surface area contributed by atoms with E-state index in [1.807, 2.05) is 12.1 Å². The monoisotopic (exact) mass is 472 g/mol. The lowest BCUT2D eigenvalue weighted by Gasteiger charge is -2.19. The van der Waals surface area contributed by atoms with E-state index in [4.69, 9.17) is 0 Å². The Kier molecular flexibility index (Phi) is 7.07. The van der Waals surface area contributed by atoms with Crippen molar-refractivity contribution in [2.24, 2.45) is 0 Å². The molecule has 2 amide bonds. The number of benzene rings is 2. The van der Waals surface area contributed by atoms with Crippen molar-refractivity contribution in [3.8, 4) is 0 Å². The highest BCUT2D eigenvalue weighted by atomic mass is 32.1. The van der Waals surface area contributed by atoms with E-state index in [-0.39, 0.29) is 16.8 Å². The van der Waals surface area contributed by atoms with Crippen LogP contribution in [-0.2, 0) is 16.4 Å². The number of anilines is 1. The highest BCUT2D eigenvalue weighted by Crippen LogP contribution is 2.30. The summed E-state index contributed by atoms with van der Waals surface area (Å²) in [5, 5.41) is 6.83. The van der Waals surface area contributed by atoms with Crippen molar-refractivity contribution >= 4 is 34.9 Å². The summed E-state index contributed by atoms with van der Waals surface area (Å²) in [6, 6.07) is 14.9. The second-order valence-electron chi connectivity index (χ2n) is 8.39. The van der Waals surface area contributed by atoms with Crippen LogP contribution in [0.25, 0.3) is 6.08 Å². The zero-order valence-corrected chi connectivity index (χ0v) is 19.1. The van der Waals surface area contributed by atoms with Crippen LogP contribution in [0, 0.1) is 0 Å². The first-order chi connectivity index (χ1) is 15.4. The average Bonchev–Trinajstić information content (AvgIpc) is 3.25. The Hall–Kier alpha value is -3.39. The summed E-state index contributed by atoms with van der Waals surface area (Å²) in [7, 11) is 0. The summed E-state index contributed by atoms with van der Waals surface area (Å²) in [6.07, 6.45) is -3.06. The summed E-state index contributed by atoms with van der Waals surface area (Å²) in [5.74, 6) is -1.24. The van der Waals surface area contributed by atoms with Gasteiger partial charge in [0.05, 0.1) is 5.56 Å². The molecule has 0 fully saturated rings. The van der Waals surface area contributed by atoms with Gasteiger partial charge in [-0.05, 0) is 58.8 Å². The molecule has 2 aromatic carbocycles. The highest BCUT2D eigenvalue weighted by molar-refractivity contribution is 7.10. The SMILES string of the molecule is CC(C)(C)c1ccc(C(=O)N/C(=C/c2cccs2)C(=O)Nc2cccc(C(F)(F)F)c2)cc1. The molecular weight excluding hydrogens is 449 g/mol. The minimum absolute atomic E-state index is 0.0318. The van der Waals surface area contributed by atoms with E-state index in [9.17, 15) is 22.8 Å². The Balaban J connectivity index is 1.84. The van der Waals surface area contributed by atoms with Crippen LogP contribution in [0.1, 0.15) is 47.1 Å². The molecular formula is C25H23F3N2O2S. The fraction of sp³-hybridized carbons (Fsp3) is 0.200. The quantitative estimate of drug-likeness (QED) is 0.418. The molecule has 1 heterocycles. The van der Waals surface area contributed by atoms with Crippen LogP contribution in [0.15, 0.2) is 71.7 Å². The van der Waals surface area contributed by atoms with E-state index >= 15 is 0 Å². The standard InChI is InChI=1S/C25H23F3N2O2S/c1-24(2,3)17-11-9-16(10-12-17)22(31)30-21(15-20-8-5-13-33-20)23(32)29-19-7-4-6-18(14-19)25(26,27)28/h4-15H,1-3H3,(H,29,32)(H,30,31)/b21-15+. The summed E-state index contributed by atoms with van der Waals surface area (Å²) in [6.45, 7) is 6.17. The highest BCUT2D eigenvalue weighted by Gasteiger charge is 2.30. The van der Waals surface area contributed by atoms with Gasteiger partial charge in [0.1, 0.15) is 5.70 Å². The Bertz CT molecular complexity index is 1160. The van der Waals surface area contributed by atoms with Gasteiger partial charge in [0.2, 0.25) is 0 Å². The lowest BCUT2D eigenvalue weighted by atomic mass is 9.87. The minimum atomic E-state index is -4.54. The van der Waals surface area contributed by atoms with Crippen LogP contribution >= 0.6 is 11.3 Å². The molecule has 3 aromatic rings. The number of nitrogens with one attached hydrogen (secondary N) is 2. The summed E-state index contributed by atoms with van der Waals surface area (Å²) < 4.78 is 39.0. The molecule has 0 bridgehead atoms. The normalized spacial score (nSPS) is 12.4. The third kappa shape index (κ3) is 6.55. The second kappa shape index (κ2) is 9.62. The van der Waals surface area contributed by atoms with Gasteiger partial charge in [0.25, 0.3) is 11.8 Å². The van der Waals surface area contributed by atoms with Gasteiger partial charge in [-0.2, -0.15) is 13.2 Å². The van der Waals surface area contributed by atoms with E-state index in [1.54, 1.807) is 29.6 Å². The maximum absolute atomic E-state index is 13.0. The zero-order chi connectivity index (χ0) is 24.2. The Labute approximate surface area is 194 Å². The summed E-state index contributed by atoms with van der Waals surface area (Å²) >= 11 is 1.35. The number of hydrogen-bond donors (Lipinski definition) is 2. The largest absolute Gasteiger partial charge is 0.416 e. The zero-order valence-electron chi connectivity index (χ0n) is 18.3. The van der Waals surface area contributed by atoms with Crippen molar-refractivity contribution in [3.63, 3.8) is 0 Å². The molecule has 1 aromatic heterocycles. The third-order valence-corrected chi connectivity index (χ3v) is 5.60. The van der Waals surface area contributed by atoms with Gasteiger partial charge in [-0.1, -0.05) is 45.0 Å². The Morgan fingerprint density at radius 1 is 0.909 bits per heavy atom. The number of halogens is 3. The number of carbonyl (C=O) groups is 2. The average molecular weight is 473 g/mol. The van der Waals surface area contributed by atoms with Crippen LogP contribution in [-0.4, -0.2) is 11.8 Å². The maximum atomic E-state index is 13.0. The molecule has 8 heteroatoms. The molecule has 0 unspecified atom stereocenters. The molecule has 4 nitrogen and oxygen atoms in total. The fourth-order valence-corrected chi connectivity index (χ4v) is 3.62. The smallest absolute Gasteiger partial charge is 0.321 e. The number of carbonyl (C=O) groups excluding carboxylic acids is 2. The first-order valence-corrected chi connectivity index (χ1v) is 11.0. The van der Waals surface area contributed by atoms with Gasteiger partial charge < -0.3 is 10.6 Å². The maximum Gasteiger partial charge on any atom is 0.416 e. The predicted octanol–water partition coefficient (Wildman–Crippen LogP) is 6.47. The van der Waals surface area contributed by atoms with Gasteiger partial charge in [0, 0.05) is 16.1 Å². The molecule has 172 valence electrons. The molecule has 0 aliphatic rings. The number of rotatable bonds is 5. The minimum Gasteiger partial charge on any atom is -0.321 e. The van der Waals surface area contributed by atoms with E-state index in [2.05, 4.69) is 31.4 Å². The predicted molar refractivity (Wildman–Crippen MR) is 125 cm³/mol. The van der Waals surface area contributed by atoms with Gasteiger partial charge in [-0.3, -0.25) is 9.59 Å². The van der Waals surface area contributed by atoms with Crippen molar-refractivity contribution in [1.29, 1.82) is 0 Å². The molecule has 0 aliphatic heterocycles. The van der Waals surface area contributed by atoms with Gasteiger partial charge in [-0.25, -0.2) is 0 Å². The molecule has 2 N–H and O–H groups in total. The van der Waals surface area contributed by atoms with Gasteiger partial charge in [0.15, 0.2) is 0 Å². The number of amides is 2. The van der Waals surface area contributed by atoms with Crippen LogP contribution in [0.4, 0.5) is 18.9 Å². The molecule has 0 radical (unpaired) electrons. The van der Waals surface area contributed by atoms with Gasteiger partial charge in [-0.15, -0.1) is 11.3 Å². The van der Waals surface area contributed by atoms with Crippen molar-refractivity contribution < 1.29 is 22.8 Å². The molecule has 3 rings (SSSR count). The van der Waals surface area contributed by atoms with E-state index in [0.717, 1.165) is 17.7 Å². The molecule has 0 saturated carbocycles. The molecule has 0 atom stereocenters. The van der Waals surface area contributed by atoms with Crippen LogP contribution < -0.4 is 10.6 Å². The molecule has 0 saturated heterocycles. The van der Waals surface area contributed by atoms with E-state index in [1.165, 1.54) is 29.5 Å². The lowest BCUT2D eigenvalue weighted by molar-refractivity contribution is -0.137. The van der Waals surface area contributed by atoms with Gasteiger partial charge >= 0.3 is 6.18 Å². The second-order valence-corrected chi connectivity index (χ2v) is 9.37. The van der Waals surface area contributed by atoms with Crippen molar-refractivity contribution in [1.82, 2.24) is 5.32 Å². The van der Waals surface area contributed by atoms with Crippen molar-refractivity contribution in [2.45, 2.75) is 32.4 Å². The van der Waals surface area contributed by atoms with Crippen LogP contribution in [0.2, 0.25) is 0 Å². The first-order valence-electron chi connectivity index (χ1n) is 10.1.